The van der Waals surface area contributed by atoms with Gasteiger partial charge in [0.2, 0.25) is 0 Å². The number of azide groups is 1. The maximum atomic E-state index is 7.60. The molecule has 0 saturated heterocycles. The Balaban J connectivity index is -0.0000000289. The third-order valence-corrected chi connectivity index (χ3v) is 2.62. The van der Waals surface area contributed by atoms with Crippen molar-refractivity contribution >= 4 is 63.7 Å². The summed E-state index contributed by atoms with van der Waals surface area (Å²) in [7, 11) is 0. The van der Waals surface area contributed by atoms with E-state index in [2.05, 4.69) is 102 Å². The molecule has 0 saturated carbocycles. The summed E-state index contributed by atoms with van der Waals surface area (Å²) in [6.07, 6.45) is 8.51. The Morgan fingerprint density at radius 2 is 1.19 bits per heavy atom. The van der Waals surface area contributed by atoms with E-state index in [4.69, 9.17) is 56.0 Å². The third-order valence-electron chi connectivity index (χ3n) is 1.50. The standard InChI is InChI=1S/C5H10Br2.C5H8.C3H2N2.CH2Br2.CH2N6.CN.CH4O2.K.N3.Na/c6-4-2-1-3-5-7;1-3-5-4-2;1-5-3-2-4;2-1-3;2-6-4-1-5-7-3;1-2;2-1-3;;1-3-2;/h1-5H2;3-4H,1-2,5H2;3H2;1H2;1H2;;2-3H,1H2;;;/q;;;;;-1;;+1;-1;+1. The molecule has 37 heavy (non-hydrogen) atoms. The number of nitrogens with zero attached hydrogens (tertiary/aromatic N) is 12. The molecule has 0 fully saturated rings. The molecule has 0 aliphatic carbocycles. The van der Waals surface area contributed by atoms with E-state index in [0.717, 1.165) is 21.3 Å². The monoisotopic (exact) mass is 810 g/mol. The van der Waals surface area contributed by atoms with Gasteiger partial charge < -0.3 is 38.0 Å². The van der Waals surface area contributed by atoms with Crippen molar-refractivity contribution in [2.45, 2.75) is 25.7 Å². The van der Waals surface area contributed by atoms with Crippen molar-refractivity contribution in [2.75, 3.05) is 34.9 Å². The minimum atomic E-state index is -0.750. The van der Waals surface area contributed by atoms with Crippen LogP contribution in [0.15, 0.2) is 35.5 Å². The zero-order valence-corrected chi connectivity index (χ0v) is 32.4. The molecule has 0 bridgehead atoms. The van der Waals surface area contributed by atoms with Crippen LogP contribution in [0.3, 0.4) is 0 Å². The third kappa shape index (κ3) is 281. The fraction of sp³-hybridized carbons (Fsp3) is 0.588. The van der Waals surface area contributed by atoms with Crippen LogP contribution in [0.2, 0.25) is 0 Å². The number of unbranched alkanes of at least 4 members (excludes halogenated alkanes) is 2. The van der Waals surface area contributed by atoms with Crippen LogP contribution in [-0.2, 0) is 0 Å². The zero-order chi connectivity index (χ0) is 29.4. The van der Waals surface area contributed by atoms with Gasteiger partial charge in [0.1, 0.15) is 19.5 Å². The first-order valence-electron chi connectivity index (χ1n) is 8.51. The van der Waals surface area contributed by atoms with E-state index in [0.29, 0.717) is 0 Å². The van der Waals surface area contributed by atoms with Crippen LogP contribution >= 0.6 is 63.7 Å². The Morgan fingerprint density at radius 3 is 1.30 bits per heavy atom. The number of alkyl halides is 4. The molecule has 198 valence electrons. The Bertz CT molecular complexity index is 580. The molecule has 2 N–H and O–H groups in total. The van der Waals surface area contributed by atoms with E-state index in [1.54, 1.807) is 6.07 Å². The maximum Gasteiger partial charge on any atom is 1.00 e. The van der Waals surface area contributed by atoms with Crippen LogP contribution in [0, 0.1) is 29.7 Å². The van der Waals surface area contributed by atoms with Crippen molar-refractivity contribution in [3.63, 3.8) is 0 Å². The van der Waals surface area contributed by atoms with Gasteiger partial charge in [-0.05, 0) is 30.3 Å². The normalized spacial score (nSPS) is 5.57. The second kappa shape index (κ2) is 121. The number of rotatable bonds is 8. The maximum absolute atomic E-state index is 7.60. The summed E-state index contributed by atoms with van der Waals surface area (Å²) in [5, 5.41) is 36.3. The molecule has 0 spiro atoms. The van der Waals surface area contributed by atoms with Crippen molar-refractivity contribution in [3.8, 4) is 6.07 Å². The molecular formula is C17H28Br4KN12NaO2. The molecule has 0 aliphatic heterocycles. The summed E-state index contributed by atoms with van der Waals surface area (Å²) in [4.78, 5) is 8.91. The minimum Gasteiger partial charge on any atom is -0.512 e. The average Bonchev–Trinajstić information content (AvgIpc) is 2.85. The van der Waals surface area contributed by atoms with Gasteiger partial charge in [-0.25, -0.2) is 6.57 Å². The number of allylic oxidation sites excluding steroid dienone is 2. The Labute approximate surface area is 317 Å². The largest absolute Gasteiger partial charge is 1.00 e. The fourth-order valence-corrected chi connectivity index (χ4v) is 1.40. The van der Waals surface area contributed by atoms with Crippen LogP contribution in [0.4, 0.5) is 0 Å². The quantitative estimate of drug-likeness (QED) is 0.0358. The smallest absolute Gasteiger partial charge is 0.512 e. The molecule has 0 aromatic heterocycles. The van der Waals surface area contributed by atoms with Gasteiger partial charge >= 0.3 is 80.9 Å². The van der Waals surface area contributed by atoms with Crippen LogP contribution in [0.5, 0.6) is 0 Å². The first-order chi connectivity index (χ1) is 16.9. The topological polar surface area (TPSA) is 249 Å². The number of hydrogen-bond donors (Lipinski definition) is 2. The summed E-state index contributed by atoms with van der Waals surface area (Å²) in [5.41, 5.74) is 28.6. The van der Waals surface area contributed by atoms with E-state index in [1.807, 2.05) is 12.2 Å². The molecule has 0 heterocycles. The van der Waals surface area contributed by atoms with Crippen molar-refractivity contribution in [1.82, 2.24) is 0 Å². The first kappa shape index (κ1) is 66.0. The number of nitriles is 1. The summed E-state index contributed by atoms with van der Waals surface area (Å²) in [6.45, 7) is 16.8. The number of hydrogen-bond acceptors (Lipinski definition) is 6. The van der Waals surface area contributed by atoms with Gasteiger partial charge in [0, 0.05) is 20.5 Å². The second-order valence-corrected chi connectivity index (χ2v) is 7.87. The number of aliphatic hydroxyl groups is 2. The van der Waals surface area contributed by atoms with Gasteiger partial charge in [0.15, 0.2) is 0 Å². The van der Waals surface area contributed by atoms with Crippen LogP contribution in [-0.4, -0.2) is 45.1 Å². The molecule has 0 rings (SSSR count). The van der Waals surface area contributed by atoms with Gasteiger partial charge in [-0.1, -0.05) is 92.5 Å². The van der Waals surface area contributed by atoms with Gasteiger partial charge in [0.25, 0.3) is 6.54 Å². The van der Waals surface area contributed by atoms with Gasteiger partial charge in [-0.3, -0.25) is 4.91 Å². The van der Waals surface area contributed by atoms with E-state index in [-0.39, 0.29) is 94.2 Å². The van der Waals surface area contributed by atoms with Crippen LogP contribution in [0.25, 0.3) is 41.7 Å². The van der Waals surface area contributed by atoms with Gasteiger partial charge in [-0.15, -0.1) is 13.2 Å². The molecule has 14 nitrogen and oxygen atoms in total. The number of halogens is 4. The number of aliphatic hydroxyl groups excluding tert-OH is 1. The fourth-order valence-electron chi connectivity index (χ4n) is 0.604. The summed E-state index contributed by atoms with van der Waals surface area (Å²) in [6, 6.07) is 1.66. The molecule has 0 aromatic rings. The van der Waals surface area contributed by atoms with E-state index in [9.17, 15) is 0 Å². The molecular weight excluding hydrogens is 786 g/mol. The molecule has 0 radical (unpaired) electrons. The second-order valence-electron chi connectivity index (χ2n) is 3.66. The van der Waals surface area contributed by atoms with E-state index in [1.165, 1.54) is 24.2 Å². The predicted molar refractivity (Wildman–Crippen MR) is 154 cm³/mol. The van der Waals surface area contributed by atoms with Crippen molar-refractivity contribution in [3.05, 3.63) is 80.2 Å². The Kier molecular flexibility index (Phi) is 216. The minimum absolute atomic E-state index is 0. The molecule has 0 atom stereocenters. The summed E-state index contributed by atoms with van der Waals surface area (Å²) in [5.74, 6) is 0. The Morgan fingerprint density at radius 1 is 0.892 bits per heavy atom. The van der Waals surface area contributed by atoms with Crippen molar-refractivity contribution in [1.29, 1.82) is 10.5 Å². The molecule has 0 aromatic carbocycles. The predicted octanol–water partition coefficient (Wildman–Crippen LogP) is 2.32. The zero-order valence-electron chi connectivity index (χ0n) is 20.9. The van der Waals surface area contributed by atoms with Crippen LogP contribution in [0.1, 0.15) is 25.7 Å². The summed E-state index contributed by atoms with van der Waals surface area (Å²) >= 11 is 12.9. The summed E-state index contributed by atoms with van der Waals surface area (Å²) < 4.78 is 0.875. The van der Waals surface area contributed by atoms with Gasteiger partial charge in [0.05, 0.1) is 4.24 Å². The van der Waals surface area contributed by atoms with E-state index < -0.39 is 6.79 Å². The Hall–Kier alpha value is 0.356. The molecule has 0 unspecified atom stereocenters. The molecule has 0 aliphatic rings. The van der Waals surface area contributed by atoms with Crippen LogP contribution < -0.4 is 80.9 Å². The van der Waals surface area contributed by atoms with Crippen molar-refractivity contribution in [2.24, 2.45) is 10.2 Å². The molecule has 0 amide bonds. The van der Waals surface area contributed by atoms with E-state index >= 15 is 0 Å². The van der Waals surface area contributed by atoms with Gasteiger partial charge in [-0.2, -0.15) is 5.26 Å². The molecule has 20 heteroatoms. The van der Waals surface area contributed by atoms with Crippen molar-refractivity contribution < 1.29 is 91.2 Å². The first-order valence-corrected chi connectivity index (χ1v) is 13.0. The average molecular weight is 814 g/mol. The SMILES string of the molecule is BrCBr.BrCCCCCBr.C=CCC=C.OCO.[C-]#N.[C-]#[N+]CC#N.[K+].[N-]=[N+]=NCN=[N+]=[N-].[N-]=[N+]=[N-].[Na+].